The number of hydrogen-bond donors (Lipinski definition) is 0. The molecule has 24 heavy (non-hydrogen) atoms. The van der Waals surface area contributed by atoms with E-state index in [2.05, 4.69) is 27.7 Å². The van der Waals surface area contributed by atoms with Crippen LogP contribution >= 0.6 is 0 Å². The molecule has 144 valence electrons. The van der Waals surface area contributed by atoms with Gasteiger partial charge in [0, 0.05) is 13.8 Å². The molecule has 4 heteroatoms. The van der Waals surface area contributed by atoms with Gasteiger partial charge in [0.05, 0.1) is 13.2 Å². The van der Waals surface area contributed by atoms with Crippen LogP contribution in [0.3, 0.4) is 0 Å². The number of esters is 2. The van der Waals surface area contributed by atoms with Crippen LogP contribution in [0.1, 0.15) is 92.9 Å². The summed E-state index contributed by atoms with van der Waals surface area (Å²) < 4.78 is 9.62. The lowest BCUT2D eigenvalue weighted by Gasteiger charge is -2.04. The normalized spacial score (nSPS) is 10.3. The van der Waals surface area contributed by atoms with Gasteiger partial charge in [-0.15, -0.1) is 0 Å². The molecule has 0 spiro atoms. The highest BCUT2D eigenvalue weighted by molar-refractivity contribution is 5.66. The largest absolute Gasteiger partial charge is 0.466 e. The first-order valence-electron chi connectivity index (χ1n) is 9.52. The molecule has 0 aliphatic carbocycles. The van der Waals surface area contributed by atoms with Crippen molar-refractivity contribution in [2.45, 2.75) is 92.9 Å². The maximum absolute atomic E-state index is 10.4. The summed E-state index contributed by atoms with van der Waals surface area (Å²) in [7, 11) is 0. The van der Waals surface area contributed by atoms with E-state index in [4.69, 9.17) is 9.47 Å². The van der Waals surface area contributed by atoms with E-state index in [1.165, 1.54) is 52.4 Å². The molecule has 4 nitrogen and oxygen atoms in total. The Balaban J connectivity index is 0. The maximum atomic E-state index is 10.4. The Morgan fingerprint density at radius 3 is 1.21 bits per heavy atom. The fourth-order valence-electron chi connectivity index (χ4n) is 2.09. The van der Waals surface area contributed by atoms with Crippen molar-refractivity contribution in [3.05, 3.63) is 0 Å². The third-order valence-corrected chi connectivity index (χ3v) is 3.46. The van der Waals surface area contributed by atoms with Gasteiger partial charge in [-0.05, 0) is 24.7 Å². The topological polar surface area (TPSA) is 52.6 Å². The van der Waals surface area contributed by atoms with Crippen molar-refractivity contribution in [2.75, 3.05) is 13.2 Å². The standard InChI is InChI=1S/2C10H20O2/c2*1-9(2)7-5-4-6-8-12-10(3)11/h2*9H,4-8H2,1-3H3. The maximum Gasteiger partial charge on any atom is 0.302 e. The number of rotatable bonds is 12. The molecule has 0 amide bonds. The fraction of sp³-hybridized carbons (Fsp3) is 0.900. The van der Waals surface area contributed by atoms with E-state index in [0.29, 0.717) is 13.2 Å². The first-order valence-corrected chi connectivity index (χ1v) is 9.52. The molecule has 0 aliphatic rings. The summed E-state index contributed by atoms with van der Waals surface area (Å²) in [6.45, 7) is 13.0. The Morgan fingerprint density at radius 2 is 0.958 bits per heavy atom. The highest BCUT2D eigenvalue weighted by Crippen LogP contribution is 2.08. The Morgan fingerprint density at radius 1 is 0.625 bits per heavy atom. The van der Waals surface area contributed by atoms with Crippen LogP contribution in [0.25, 0.3) is 0 Å². The van der Waals surface area contributed by atoms with Gasteiger partial charge in [-0.25, -0.2) is 0 Å². The smallest absolute Gasteiger partial charge is 0.302 e. The predicted octanol–water partition coefficient (Wildman–Crippen LogP) is 5.53. The van der Waals surface area contributed by atoms with E-state index < -0.39 is 0 Å². The SMILES string of the molecule is CC(=O)OCCCCCC(C)C.CC(=O)OCCCCCC(C)C. The summed E-state index contributed by atoms with van der Waals surface area (Å²) in [4.78, 5) is 20.7. The summed E-state index contributed by atoms with van der Waals surface area (Å²) >= 11 is 0. The second kappa shape index (κ2) is 18.3. The van der Waals surface area contributed by atoms with Crippen molar-refractivity contribution in [3.8, 4) is 0 Å². The Bertz CT molecular complexity index is 268. The Kier molecular flexibility index (Phi) is 19.2. The van der Waals surface area contributed by atoms with E-state index in [1.54, 1.807) is 0 Å². The second-order valence-electron chi connectivity index (χ2n) is 7.17. The highest BCUT2D eigenvalue weighted by atomic mass is 16.5. The van der Waals surface area contributed by atoms with Crippen LogP contribution in [0.4, 0.5) is 0 Å². The molecule has 0 fully saturated rings. The molecule has 0 rings (SSSR count). The van der Waals surface area contributed by atoms with Gasteiger partial charge in [0.25, 0.3) is 0 Å². The molecule has 0 saturated heterocycles. The van der Waals surface area contributed by atoms with Crippen molar-refractivity contribution in [1.29, 1.82) is 0 Å². The molecule has 0 heterocycles. The summed E-state index contributed by atoms with van der Waals surface area (Å²) in [6, 6.07) is 0. The average Bonchev–Trinajstić information content (AvgIpc) is 2.46. The minimum Gasteiger partial charge on any atom is -0.466 e. The molecular weight excluding hydrogens is 304 g/mol. The fourth-order valence-corrected chi connectivity index (χ4v) is 2.09. The zero-order valence-electron chi connectivity index (χ0n) is 16.9. The minimum atomic E-state index is -0.168. The van der Waals surface area contributed by atoms with Crippen LogP contribution in [-0.2, 0) is 19.1 Å². The van der Waals surface area contributed by atoms with E-state index in [0.717, 1.165) is 24.7 Å². The van der Waals surface area contributed by atoms with Gasteiger partial charge >= 0.3 is 11.9 Å². The third kappa shape index (κ3) is 29.0. The van der Waals surface area contributed by atoms with Crippen molar-refractivity contribution in [3.63, 3.8) is 0 Å². The van der Waals surface area contributed by atoms with Crippen LogP contribution in [0.5, 0.6) is 0 Å². The highest BCUT2D eigenvalue weighted by Gasteiger charge is 1.96. The lowest BCUT2D eigenvalue weighted by Crippen LogP contribution is -2.00. The molecule has 0 radical (unpaired) electrons. The molecular formula is C20H40O4. The van der Waals surface area contributed by atoms with Crippen LogP contribution in [0.2, 0.25) is 0 Å². The zero-order valence-corrected chi connectivity index (χ0v) is 16.9. The van der Waals surface area contributed by atoms with Gasteiger partial charge in [0.1, 0.15) is 0 Å². The summed E-state index contributed by atoms with van der Waals surface area (Å²) in [5, 5.41) is 0. The minimum absolute atomic E-state index is 0.168. The van der Waals surface area contributed by atoms with Gasteiger partial charge in [0.2, 0.25) is 0 Å². The van der Waals surface area contributed by atoms with Gasteiger partial charge < -0.3 is 9.47 Å². The van der Waals surface area contributed by atoms with Crippen LogP contribution in [0, 0.1) is 11.8 Å². The van der Waals surface area contributed by atoms with E-state index in [9.17, 15) is 9.59 Å². The van der Waals surface area contributed by atoms with Crippen LogP contribution in [0.15, 0.2) is 0 Å². The number of unbranched alkanes of at least 4 members (excludes halogenated alkanes) is 4. The molecule has 0 atom stereocenters. The monoisotopic (exact) mass is 344 g/mol. The Hall–Kier alpha value is -1.06. The molecule has 0 unspecified atom stereocenters. The molecule has 0 aromatic carbocycles. The van der Waals surface area contributed by atoms with E-state index in [1.807, 2.05) is 0 Å². The summed E-state index contributed by atoms with van der Waals surface area (Å²) in [6.07, 6.45) is 9.41. The third-order valence-electron chi connectivity index (χ3n) is 3.46. The van der Waals surface area contributed by atoms with Crippen molar-refractivity contribution in [2.24, 2.45) is 11.8 Å². The zero-order chi connectivity index (χ0) is 18.8. The van der Waals surface area contributed by atoms with E-state index in [-0.39, 0.29) is 11.9 Å². The van der Waals surface area contributed by atoms with Gasteiger partial charge in [-0.2, -0.15) is 0 Å². The lowest BCUT2D eigenvalue weighted by atomic mass is 10.1. The van der Waals surface area contributed by atoms with Crippen LogP contribution < -0.4 is 0 Å². The quantitative estimate of drug-likeness (QED) is 0.345. The number of carbonyl (C=O) groups excluding carboxylic acids is 2. The van der Waals surface area contributed by atoms with Crippen molar-refractivity contribution in [1.82, 2.24) is 0 Å². The predicted molar refractivity (Wildman–Crippen MR) is 99.9 cm³/mol. The van der Waals surface area contributed by atoms with Crippen molar-refractivity contribution < 1.29 is 19.1 Å². The molecule has 0 bridgehead atoms. The Labute approximate surface area is 149 Å². The van der Waals surface area contributed by atoms with E-state index >= 15 is 0 Å². The summed E-state index contributed by atoms with van der Waals surface area (Å²) in [5.41, 5.74) is 0. The number of ether oxygens (including phenoxy) is 2. The molecule has 0 aromatic heterocycles. The van der Waals surface area contributed by atoms with Gasteiger partial charge in [-0.1, -0.05) is 66.2 Å². The average molecular weight is 345 g/mol. The summed E-state index contributed by atoms with van der Waals surface area (Å²) in [5.74, 6) is 1.25. The number of carbonyl (C=O) groups is 2. The molecule has 0 N–H and O–H groups in total. The van der Waals surface area contributed by atoms with Gasteiger partial charge in [-0.3, -0.25) is 9.59 Å². The van der Waals surface area contributed by atoms with Crippen LogP contribution in [-0.4, -0.2) is 25.2 Å². The first kappa shape index (κ1) is 25.2. The number of hydrogen-bond acceptors (Lipinski definition) is 4. The lowest BCUT2D eigenvalue weighted by molar-refractivity contribution is -0.142. The molecule has 0 saturated carbocycles. The van der Waals surface area contributed by atoms with Crippen molar-refractivity contribution >= 4 is 11.9 Å². The molecule has 0 aromatic rings. The second-order valence-corrected chi connectivity index (χ2v) is 7.17. The van der Waals surface area contributed by atoms with Gasteiger partial charge in [0.15, 0.2) is 0 Å². The molecule has 0 aliphatic heterocycles. The first-order chi connectivity index (χ1) is 11.3.